The van der Waals surface area contributed by atoms with E-state index in [2.05, 4.69) is 49.3 Å². The van der Waals surface area contributed by atoms with Gasteiger partial charge in [-0.1, -0.05) is 30.7 Å². The maximum Gasteiger partial charge on any atom is 0.242 e. The van der Waals surface area contributed by atoms with Crippen LogP contribution in [0.2, 0.25) is 5.02 Å². The fourth-order valence-corrected chi connectivity index (χ4v) is 4.71. The molecule has 0 aliphatic carbocycles. The fourth-order valence-electron chi connectivity index (χ4n) is 3.69. The molecule has 4 rings (SSSR count). The van der Waals surface area contributed by atoms with Crippen LogP contribution in [-0.2, 0) is 21.2 Å². The lowest BCUT2D eigenvalue weighted by Crippen LogP contribution is -2.36. The number of sulfonamides is 1. The minimum absolute atomic E-state index is 0.0914. The van der Waals surface area contributed by atoms with Crippen molar-refractivity contribution < 1.29 is 13.2 Å². The van der Waals surface area contributed by atoms with Gasteiger partial charge in [0.05, 0.1) is 25.1 Å². The summed E-state index contributed by atoms with van der Waals surface area (Å²) >= 11 is 6.32. The number of anilines is 5. The van der Waals surface area contributed by atoms with Crippen LogP contribution in [0.1, 0.15) is 12.5 Å². The number of para-hydroxylation sites is 1. The number of ether oxygens (including phenoxy) is 1. The van der Waals surface area contributed by atoms with Crippen molar-refractivity contribution in [2.24, 2.45) is 0 Å². The minimum atomic E-state index is -3.67. The molecule has 3 aromatic rings. The van der Waals surface area contributed by atoms with Crippen LogP contribution < -0.4 is 20.3 Å². The van der Waals surface area contributed by atoms with Gasteiger partial charge in [0.2, 0.25) is 16.0 Å². The lowest BCUT2D eigenvalue weighted by molar-refractivity contribution is 0.122. The molecule has 3 N–H and O–H groups in total. The van der Waals surface area contributed by atoms with Crippen LogP contribution in [0, 0.1) is 0 Å². The molecule has 0 saturated carbocycles. The van der Waals surface area contributed by atoms with Crippen LogP contribution >= 0.6 is 11.6 Å². The molecule has 2 aromatic carbocycles. The Labute approximate surface area is 204 Å². The molecule has 11 heteroatoms. The zero-order chi connectivity index (χ0) is 24.1. The molecule has 0 spiro atoms. The number of aromatic nitrogens is 2. The fraction of sp³-hybridized carbons (Fsp3) is 0.304. The van der Waals surface area contributed by atoms with E-state index in [9.17, 15) is 8.42 Å². The highest BCUT2D eigenvalue weighted by Crippen LogP contribution is 2.30. The second-order valence-corrected chi connectivity index (χ2v) is 9.90. The van der Waals surface area contributed by atoms with Crippen LogP contribution in [0.5, 0.6) is 0 Å². The number of hydrogen-bond donors (Lipinski definition) is 3. The van der Waals surface area contributed by atoms with Crippen LogP contribution in [0.15, 0.2) is 53.6 Å². The highest BCUT2D eigenvalue weighted by Gasteiger charge is 2.18. The highest BCUT2D eigenvalue weighted by molar-refractivity contribution is 7.89. The van der Waals surface area contributed by atoms with Crippen LogP contribution in [0.4, 0.5) is 28.8 Å². The maximum atomic E-state index is 12.4. The van der Waals surface area contributed by atoms with Crippen molar-refractivity contribution in [2.45, 2.75) is 18.2 Å². The molecule has 1 fully saturated rings. The largest absolute Gasteiger partial charge is 0.378 e. The summed E-state index contributed by atoms with van der Waals surface area (Å²) in [5.74, 6) is 0.635. The van der Waals surface area contributed by atoms with Gasteiger partial charge < -0.3 is 20.3 Å². The molecule has 9 nitrogen and oxygen atoms in total. The van der Waals surface area contributed by atoms with Gasteiger partial charge in [0.25, 0.3) is 0 Å². The van der Waals surface area contributed by atoms with Crippen molar-refractivity contribution in [1.29, 1.82) is 0 Å². The molecule has 0 atom stereocenters. The first-order valence-corrected chi connectivity index (χ1v) is 12.8. The van der Waals surface area contributed by atoms with E-state index in [4.69, 9.17) is 16.3 Å². The lowest BCUT2D eigenvalue weighted by atomic mass is 10.1. The number of benzene rings is 2. The summed E-state index contributed by atoms with van der Waals surface area (Å²) in [5.41, 5.74) is 3.54. The van der Waals surface area contributed by atoms with Gasteiger partial charge in [0, 0.05) is 24.5 Å². The first-order chi connectivity index (χ1) is 16.4. The molecule has 34 heavy (non-hydrogen) atoms. The third-order valence-corrected chi connectivity index (χ3v) is 7.28. The van der Waals surface area contributed by atoms with Gasteiger partial charge in [0.15, 0.2) is 5.82 Å². The molecule has 1 aromatic heterocycles. The van der Waals surface area contributed by atoms with E-state index in [1.165, 1.54) is 19.3 Å². The second-order valence-electron chi connectivity index (χ2n) is 7.64. The Hall–Kier alpha value is -2.92. The quantitative estimate of drug-likeness (QED) is 0.425. The molecule has 1 aliphatic heterocycles. The van der Waals surface area contributed by atoms with Gasteiger partial charge in [-0.15, -0.1) is 0 Å². The predicted molar refractivity (Wildman–Crippen MR) is 135 cm³/mol. The molecule has 180 valence electrons. The van der Waals surface area contributed by atoms with Gasteiger partial charge in [0.1, 0.15) is 9.92 Å². The van der Waals surface area contributed by atoms with Gasteiger partial charge in [-0.05, 0) is 49.4 Å². The van der Waals surface area contributed by atoms with Crippen molar-refractivity contribution in [3.63, 3.8) is 0 Å². The Morgan fingerprint density at radius 2 is 1.85 bits per heavy atom. The Morgan fingerprint density at radius 1 is 1.09 bits per heavy atom. The normalized spacial score (nSPS) is 14.1. The van der Waals surface area contributed by atoms with Crippen molar-refractivity contribution in [1.82, 2.24) is 14.7 Å². The zero-order valence-electron chi connectivity index (χ0n) is 19.0. The number of rotatable bonds is 8. The molecule has 0 radical (unpaired) electrons. The molecule has 2 heterocycles. The number of nitrogens with one attached hydrogen (secondary N) is 3. The topological polar surface area (TPSA) is 108 Å². The van der Waals surface area contributed by atoms with E-state index in [-0.39, 0.29) is 9.92 Å². The Morgan fingerprint density at radius 3 is 2.59 bits per heavy atom. The minimum Gasteiger partial charge on any atom is -0.378 e. The summed E-state index contributed by atoms with van der Waals surface area (Å²) < 4.78 is 32.5. The smallest absolute Gasteiger partial charge is 0.242 e. The molecule has 0 unspecified atom stereocenters. The van der Waals surface area contributed by atoms with Gasteiger partial charge in [-0.2, -0.15) is 4.98 Å². The number of hydrogen-bond acceptors (Lipinski definition) is 8. The first kappa shape index (κ1) is 24.2. The van der Waals surface area contributed by atoms with E-state index < -0.39 is 10.0 Å². The van der Waals surface area contributed by atoms with E-state index >= 15 is 0 Å². The van der Waals surface area contributed by atoms with Gasteiger partial charge in [-0.3, -0.25) is 0 Å². The zero-order valence-corrected chi connectivity index (χ0v) is 20.6. The van der Waals surface area contributed by atoms with Crippen molar-refractivity contribution in [2.75, 3.05) is 48.9 Å². The van der Waals surface area contributed by atoms with Gasteiger partial charge in [-0.25, -0.2) is 18.1 Å². The molecular weight excluding hydrogens is 476 g/mol. The summed E-state index contributed by atoms with van der Waals surface area (Å²) in [6.07, 6.45) is 2.30. The summed E-state index contributed by atoms with van der Waals surface area (Å²) in [4.78, 5) is 11.2. The van der Waals surface area contributed by atoms with Crippen LogP contribution in [0.3, 0.4) is 0 Å². The molecular formula is C23H27ClN6O3S. The third-order valence-electron chi connectivity index (χ3n) is 5.53. The number of morpholine rings is 1. The summed E-state index contributed by atoms with van der Waals surface area (Å²) in [6, 6.07) is 12.8. The monoisotopic (exact) mass is 502 g/mol. The highest BCUT2D eigenvalue weighted by atomic mass is 35.5. The molecule has 0 amide bonds. The van der Waals surface area contributed by atoms with E-state index in [0.717, 1.165) is 49.7 Å². The Kier molecular flexibility index (Phi) is 7.52. The Balaban J connectivity index is 1.59. The average molecular weight is 503 g/mol. The molecule has 1 aliphatic rings. The average Bonchev–Trinajstić information content (AvgIpc) is 2.87. The summed E-state index contributed by atoms with van der Waals surface area (Å²) in [5, 5.41) is 6.56. The number of aryl methyl sites for hydroxylation is 1. The number of nitrogens with zero attached hydrogens (tertiary/aromatic N) is 3. The standard InChI is InChI=1S/C23H27ClN6O3S/c1-3-16-14-17(30-10-12-33-13-11-30)8-9-19(16)28-23-26-15-18(24)22(29-23)27-20-6-4-5-7-21(20)34(31,32)25-2/h4-9,14-15,25H,3,10-13H2,1-2H3,(H2,26,27,28,29). The van der Waals surface area contributed by atoms with E-state index in [0.29, 0.717) is 17.5 Å². The number of halogens is 1. The predicted octanol–water partition coefficient (Wildman–Crippen LogP) is 3.92. The van der Waals surface area contributed by atoms with E-state index in [1.807, 2.05) is 6.07 Å². The second kappa shape index (κ2) is 10.6. The van der Waals surface area contributed by atoms with Crippen molar-refractivity contribution in [3.8, 4) is 0 Å². The summed E-state index contributed by atoms with van der Waals surface area (Å²) in [7, 11) is -2.31. The molecule has 1 saturated heterocycles. The first-order valence-electron chi connectivity index (χ1n) is 11.0. The van der Waals surface area contributed by atoms with Crippen molar-refractivity contribution >= 4 is 50.5 Å². The lowest BCUT2D eigenvalue weighted by Gasteiger charge is -2.29. The Bertz CT molecular complexity index is 1270. The SMILES string of the molecule is CCc1cc(N2CCOCC2)ccc1Nc1ncc(Cl)c(Nc2ccccc2S(=O)(=O)NC)n1. The summed E-state index contributed by atoms with van der Waals surface area (Å²) in [6.45, 7) is 5.30. The third kappa shape index (κ3) is 5.41. The van der Waals surface area contributed by atoms with Gasteiger partial charge >= 0.3 is 0 Å². The van der Waals surface area contributed by atoms with Crippen molar-refractivity contribution in [3.05, 3.63) is 59.2 Å². The van der Waals surface area contributed by atoms with Crippen LogP contribution in [-0.4, -0.2) is 51.7 Å². The molecule has 0 bridgehead atoms. The van der Waals surface area contributed by atoms with Crippen LogP contribution in [0.25, 0.3) is 0 Å². The van der Waals surface area contributed by atoms with E-state index in [1.54, 1.807) is 18.2 Å². The maximum absolute atomic E-state index is 12.4.